The number of hydrogen-bond acceptors (Lipinski definition) is 3. The summed E-state index contributed by atoms with van der Waals surface area (Å²) in [5, 5.41) is 0. The van der Waals surface area contributed by atoms with Gasteiger partial charge in [-0.2, -0.15) is 13.2 Å². The Morgan fingerprint density at radius 3 is 2.17 bits per heavy atom. The molecule has 0 spiro atoms. The normalized spacial score (nSPS) is 11.0. The minimum absolute atomic E-state index is 0.804. The fourth-order valence-electron chi connectivity index (χ4n) is 0.361. The molecule has 0 saturated heterocycles. The third kappa shape index (κ3) is 5.70. The van der Waals surface area contributed by atoms with Gasteiger partial charge in [0.2, 0.25) is 5.78 Å². The Morgan fingerprint density at radius 2 is 1.83 bits per heavy atom. The Balaban J connectivity index is 3.58. The van der Waals surface area contributed by atoms with Crippen molar-refractivity contribution in [3.8, 4) is 0 Å². The molecule has 0 unspecified atom stereocenters. The van der Waals surface area contributed by atoms with Crippen LogP contribution in [-0.2, 0) is 14.3 Å². The molecule has 0 rings (SSSR count). The number of esters is 1. The van der Waals surface area contributed by atoms with Crippen molar-refractivity contribution in [1.82, 2.24) is 0 Å². The molecule has 0 aliphatic carbocycles. The quantitative estimate of drug-likeness (QED) is 0.486. The highest BCUT2D eigenvalue weighted by Gasteiger charge is 2.27. The van der Waals surface area contributed by atoms with Crippen molar-refractivity contribution >= 4 is 11.8 Å². The van der Waals surface area contributed by atoms with Crippen LogP contribution in [0.3, 0.4) is 0 Å². The number of halogens is 3. The lowest BCUT2D eigenvalue weighted by Crippen LogP contribution is -2.18. The van der Waals surface area contributed by atoms with Gasteiger partial charge in [0, 0.05) is 6.92 Å². The second-order valence-electron chi connectivity index (χ2n) is 2.06. The van der Waals surface area contributed by atoms with Gasteiger partial charge >= 0.3 is 12.1 Å². The zero-order valence-corrected chi connectivity index (χ0v) is 6.27. The van der Waals surface area contributed by atoms with Crippen LogP contribution in [0.25, 0.3) is 0 Å². The summed E-state index contributed by atoms with van der Waals surface area (Å²) in [5.41, 5.74) is 0. The predicted molar refractivity (Wildman–Crippen MR) is 32.3 cm³/mol. The second kappa shape index (κ2) is 4.08. The van der Waals surface area contributed by atoms with Gasteiger partial charge in [0.25, 0.3) is 0 Å². The Bertz CT molecular complexity index is 185. The van der Waals surface area contributed by atoms with Gasteiger partial charge < -0.3 is 4.74 Å². The van der Waals surface area contributed by atoms with E-state index < -0.39 is 31.0 Å². The number of ether oxygens (including phenoxy) is 1. The van der Waals surface area contributed by atoms with E-state index in [9.17, 15) is 22.8 Å². The van der Waals surface area contributed by atoms with Gasteiger partial charge in [-0.05, 0) is 0 Å². The Hall–Kier alpha value is -1.07. The van der Waals surface area contributed by atoms with E-state index in [4.69, 9.17) is 0 Å². The number of Topliss-reactive ketones (excluding diaryl/α,β-unsaturated/α-hetero) is 1. The molecule has 0 aromatic rings. The molecule has 0 amide bonds. The molecule has 0 aliphatic rings. The standard InChI is InChI=1S/C6H7F3O3/c1-4(10)5(11)12-3-2-6(7,8)9/h2-3H2,1H3. The summed E-state index contributed by atoms with van der Waals surface area (Å²) in [7, 11) is 0. The molecular formula is C6H7F3O3. The third-order valence-electron chi connectivity index (χ3n) is 0.906. The van der Waals surface area contributed by atoms with Gasteiger partial charge in [-0.3, -0.25) is 4.79 Å². The lowest BCUT2D eigenvalue weighted by molar-refractivity contribution is -0.163. The van der Waals surface area contributed by atoms with E-state index in [0.29, 0.717) is 0 Å². The molecule has 3 nitrogen and oxygen atoms in total. The van der Waals surface area contributed by atoms with E-state index in [2.05, 4.69) is 4.74 Å². The van der Waals surface area contributed by atoms with Gasteiger partial charge in [0.05, 0.1) is 6.42 Å². The van der Waals surface area contributed by atoms with Crippen LogP contribution in [0.1, 0.15) is 13.3 Å². The number of ketones is 1. The summed E-state index contributed by atoms with van der Waals surface area (Å²) in [4.78, 5) is 20.4. The number of carbonyl (C=O) groups excluding carboxylic acids is 2. The molecule has 0 bridgehead atoms. The van der Waals surface area contributed by atoms with Crippen LogP contribution in [-0.4, -0.2) is 24.5 Å². The van der Waals surface area contributed by atoms with Crippen LogP contribution in [0.15, 0.2) is 0 Å². The van der Waals surface area contributed by atoms with Crippen LogP contribution in [0, 0.1) is 0 Å². The topological polar surface area (TPSA) is 43.4 Å². The molecule has 0 aromatic carbocycles. The van der Waals surface area contributed by atoms with Crippen molar-refractivity contribution in [3.63, 3.8) is 0 Å². The molecule has 70 valence electrons. The maximum absolute atomic E-state index is 11.4. The van der Waals surface area contributed by atoms with E-state index in [1.54, 1.807) is 0 Å². The highest BCUT2D eigenvalue weighted by Crippen LogP contribution is 2.18. The van der Waals surface area contributed by atoms with Crippen LogP contribution >= 0.6 is 0 Å². The van der Waals surface area contributed by atoms with E-state index in [0.717, 1.165) is 6.92 Å². The molecule has 0 saturated carbocycles. The van der Waals surface area contributed by atoms with Gasteiger partial charge in [-0.1, -0.05) is 0 Å². The maximum atomic E-state index is 11.4. The van der Waals surface area contributed by atoms with Gasteiger partial charge in [-0.15, -0.1) is 0 Å². The summed E-state index contributed by atoms with van der Waals surface area (Å²) in [6, 6.07) is 0. The average molecular weight is 184 g/mol. The first-order chi connectivity index (χ1) is 5.33. The lowest BCUT2D eigenvalue weighted by Gasteiger charge is -2.05. The van der Waals surface area contributed by atoms with Crippen molar-refractivity contribution in [2.24, 2.45) is 0 Å². The molecule has 12 heavy (non-hydrogen) atoms. The molecule has 0 fully saturated rings. The molecule has 6 heteroatoms. The smallest absolute Gasteiger partial charge is 0.392 e. The number of rotatable bonds is 3. The van der Waals surface area contributed by atoms with Gasteiger partial charge in [-0.25, -0.2) is 4.79 Å². The molecule has 0 aromatic heterocycles. The zero-order valence-electron chi connectivity index (χ0n) is 6.27. The van der Waals surface area contributed by atoms with E-state index >= 15 is 0 Å². The molecule has 0 N–H and O–H groups in total. The van der Waals surface area contributed by atoms with Crippen molar-refractivity contribution in [3.05, 3.63) is 0 Å². The monoisotopic (exact) mass is 184 g/mol. The molecule has 0 heterocycles. The summed E-state index contributed by atoms with van der Waals surface area (Å²) >= 11 is 0. The Morgan fingerprint density at radius 1 is 1.33 bits per heavy atom. The number of carbonyl (C=O) groups is 2. The molecule has 0 aliphatic heterocycles. The van der Waals surface area contributed by atoms with Crippen molar-refractivity contribution in [2.45, 2.75) is 19.5 Å². The number of alkyl halides is 3. The van der Waals surface area contributed by atoms with Crippen LogP contribution in [0.4, 0.5) is 13.2 Å². The highest BCUT2D eigenvalue weighted by atomic mass is 19.4. The Kier molecular flexibility index (Phi) is 3.72. The summed E-state index contributed by atoms with van der Waals surface area (Å²) in [6.45, 7) is 0.123. The first-order valence-corrected chi connectivity index (χ1v) is 3.07. The van der Waals surface area contributed by atoms with Crippen molar-refractivity contribution in [1.29, 1.82) is 0 Å². The lowest BCUT2D eigenvalue weighted by atomic mass is 10.4. The van der Waals surface area contributed by atoms with Crippen LogP contribution in [0.5, 0.6) is 0 Å². The minimum Gasteiger partial charge on any atom is -0.460 e. The SMILES string of the molecule is CC(=O)C(=O)OCCC(F)(F)F. The largest absolute Gasteiger partial charge is 0.460 e. The first-order valence-electron chi connectivity index (χ1n) is 3.07. The molecule has 0 atom stereocenters. The first kappa shape index (κ1) is 10.9. The fourth-order valence-corrected chi connectivity index (χ4v) is 0.361. The van der Waals surface area contributed by atoms with Gasteiger partial charge in [0.1, 0.15) is 6.61 Å². The van der Waals surface area contributed by atoms with Crippen molar-refractivity contribution in [2.75, 3.05) is 6.61 Å². The highest BCUT2D eigenvalue weighted by molar-refractivity contribution is 6.32. The number of hydrogen-bond donors (Lipinski definition) is 0. The third-order valence-corrected chi connectivity index (χ3v) is 0.906. The molecule has 0 radical (unpaired) electrons. The zero-order chi connectivity index (χ0) is 9.78. The second-order valence-corrected chi connectivity index (χ2v) is 2.06. The molecular weight excluding hydrogens is 177 g/mol. The fraction of sp³-hybridized carbons (Fsp3) is 0.667. The maximum Gasteiger partial charge on any atom is 0.392 e. The van der Waals surface area contributed by atoms with Crippen LogP contribution in [0.2, 0.25) is 0 Å². The summed E-state index contributed by atoms with van der Waals surface area (Å²) in [6.07, 6.45) is -5.59. The average Bonchev–Trinajstić information content (AvgIpc) is 1.84. The predicted octanol–water partition coefficient (Wildman–Crippen LogP) is 1.07. The summed E-state index contributed by atoms with van der Waals surface area (Å²) < 4.78 is 38.3. The van der Waals surface area contributed by atoms with Gasteiger partial charge in [0.15, 0.2) is 0 Å². The van der Waals surface area contributed by atoms with E-state index in [-0.39, 0.29) is 0 Å². The Labute approximate surface area is 66.5 Å². The summed E-state index contributed by atoms with van der Waals surface area (Å²) in [5.74, 6) is -2.14. The van der Waals surface area contributed by atoms with Crippen molar-refractivity contribution < 1.29 is 27.5 Å². The minimum atomic E-state index is -4.36. The van der Waals surface area contributed by atoms with E-state index in [1.165, 1.54) is 0 Å². The van der Waals surface area contributed by atoms with Crippen LogP contribution < -0.4 is 0 Å². The van der Waals surface area contributed by atoms with E-state index in [1.807, 2.05) is 0 Å².